The highest BCUT2D eigenvalue weighted by Crippen LogP contribution is 2.19. The molecular weight excluding hydrogens is 1080 g/mol. The maximum atomic E-state index is 15.0. The van der Waals surface area contributed by atoms with E-state index in [1.54, 1.807) is 97.2 Å². The zero-order valence-corrected chi connectivity index (χ0v) is 55.4. The molecule has 0 bridgehead atoms. The summed E-state index contributed by atoms with van der Waals surface area (Å²) in [5.41, 5.74) is -4.46. The Hall–Kier alpha value is -4.56. The number of nitrogens with one attached hydrogen (secondary N) is 2. The fraction of sp³-hybridized carbons (Fsp3) is 0.867. The first kappa shape index (κ1) is 75.5. The minimum absolute atomic E-state index is 0.0560. The monoisotopic (exact) mass is 1200 g/mol. The summed E-state index contributed by atoms with van der Waals surface area (Å²) in [6.07, 6.45) is -0.558. The molecule has 2 atom stereocenters. The molecule has 2 N–H and O–H groups in total. The molecule has 2 rings (SSSR count). The van der Waals surface area contributed by atoms with Crippen LogP contribution in [-0.2, 0) is 66.8 Å². The molecule has 0 radical (unpaired) electrons. The van der Waals surface area contributed by atoms with E-state index < -0.39 is 69.6 Å². The third-order valence-corrected chi connectivity index (χ3v) is 12.9. The van der Waals surface area contributed by atoms with Gasteiger partial charge in [-0.05, 0) is 125 Å². The SMILES string of the molecule is CN(CCN(C)C(=O)C(CC(=O)OC(C)(C)C)N1CCNCCN(CC(=O)OC(C)(C)C)CCN(CC(=O)OC(C)(C)C)CC1)C(=O)C(CC(=O)OC(C)(C)C)N1CCNCCN(CC(=O)OC(C)(C)C)CCN(CC(=O)OC(C)(C)C)CC1. The molecule has 0 spiro atoms. The van der Waals surface area contributed by atoms with E-state index in [0.717, 1.165) is 0 Å². The zero-order chi connectivity index (χ0) is 64.0. The van der Waals surface area contributed by atoms with Gasteiger partial charge in [0, 0.05) is 132 Å². The van der Waals surface area contributed by atoms with Crippen LogP contribution in [0.3, 0.4) is 0 Å². The number of hydrogen-bond acceptors (Lipinski definition) is 22. The second-order valence-corrected chi connectivity index (χ2v) is 28.2. The molecule has 2 unspecified atom stereocenters. The lowest BCUT2D eigenvalue weighted by molar-refractivity contribution is -0.160. The maximum absolute atomic E-state index is 15.0. The lowest BCUT2D eigenvalue weighted by Gasteiger charge is -2.37. The Kier molecular flexibility index (Phi) is 30.7. The number of likely N-dealkylation sites (N-methyl/N-ethyl adjacent to an activating group) is 2. The molecule has 0 aromatic heterocycles. The molecule has 0 saturated carbocycles. The quantitative estimate of drug-likeness (QED) is 0.139. The third-order valence-electron chi connectivity index (χ3n) is 12.9. The predicted molar refractivity (Wildman–Crippen MR) is 322 cm³/mol. The van der Waals surface area contributed by atoms with Crippen molar-refractivity contribution in [3.05, 3.63) is 0 Å². The number of carbonyl (C=O) groups is 8. The number of carbonyl (C=O) groups excluding carboxylic acids is 8. The topological polar surface area (TPSA) is 242 Å². The van der Waals surface area contributed by atoms with E-state index in [0.29, 0.717) is 91.6 Å². The molecule has 24 heteroatoms. The fourth-order valence-corrected chi connectivity index (χ4v) is 9.28. The smallest absolute Gasteiger partial charge is 0.320 e. The van der Waals surface area contributed by atoms with Crippen LogP contribution in [0.25, 0.3) is 0 Å². The van der Waals surface area contributed by atoms with Gasteiger partial charge in [-0.25, -0.2) is 0 Å². The molecule has 2 amide bonds. The largest absolute Gasteiger partial charge is 0.460 e. The summed E-state index contributed by atoms with van der Waals surface area (Å²) in [6.45, 7) is 38.6. The van der Waals surface area contributed by atoms with Crippen molar-refractivity contribution in [3.63, 3.8) is 0 Å². The maximum Gasteiger partial charge on any atom is 0.320 e. The summed E-state index contributed by atoms with van der Waals surface area (Å²) in [5.74, 6) is -3.49. The van der Waals surface area contributed by atoms with Crippen LogP contribution in [0.15, 0.2) is 0 Å². The van der Waals surface area contributed by atoms with Gasteiger partial charge in [0.1, 0.15) is 33.6 Å². The number of amides is 2. The molecule has 2 aliphatic rings. The number of ether oxygens (including phenoxy) is 6. The Morgan fingerprint density at radius 3 is 0.798 bits per heavy atom. The minimum atomic E-state index is -1.01. The van der Waals surface area contributed by atoms with Crippen LogP contribution in [0, 0.1) is 0 Å². The van der Waals surface area contributed by atoms with Crippen molar-refractivity contribution in [2.45, 2.75) is 183 Å². The van der Waals surface area contributed by atoms with Crippen molar-refractivity contribution < 1.29 is 66.8 Å². The molecule has 84 heavy (non-hydrogen) atoms. The Balaban J connectivity index is 2.52. The van der Waals surface area contributed by atoms with Crippen molar-refractivity contribution in [2.75, 3.05) is 158 Å². The lowest BCUT2D eigenvalue weighted by Crippen LogP contribution is -2.56. The highest BCUT2D eigenvalue weighted by Gasteiger charge is 2.37. The Labute approximate surface area is 503 Å². The summed E-state index contributed by atoms with van der Waals surface area (Å²) in [5, 5.41) is 6.89. The minimum Gasteiger partial charge on any atom is -0.460 e. The highest BCUT2D eigenvalue weighted by atomic mass is 16.6. The number of rotatable bonds is 19. The summed E-state index contributed by atoms with van der Waals surface area (Å²) < 4.78 is 34.4. The van der Waals surface area contributed by atoms with Gasteiger partial charge in [-0.2, -0.15) is 0 Å². The summed E-state index contributed by atoms with van der Waals surface area (Å²) in [7, 11) is 3.25. The predicted octanol–water partition coefficient (Wildman–Crippen LogP) is 2.49. The third kappa shape index (κ3) is 34.6. The van der Waals surface area contributed by atoms with Crippen molar-refractivity contribution in [3.8, 4) is 0 Å². The summed E-state index contributed by atoms with van der Waals surface area (Å²) in [6, 6.07) is -2.02. The molecular formula is C60H112N10O14. The first-order valence-corrected chi connectivity index (χ1v) is 30.1. The highest BCUT2D eigenvalue weighted by molar-refractivity contribution is 5.88. The van der Waals surface area contributed by atoms with E-state index in [1.807, 2.05) is 70.9 Å². The van der Waals surface area contributed by atoms with E-state index in [-0.39, 0.29) is 89.0 Å². The van der Waals surface area contributed by atoms with Crippen molar-refractivity contribution in [1.29, 1.82) is 0 Å². The molecule has 486 valence electrons. The van der Waals surface area contributed by atoms with Gasteiger partial charge < -0.3 is 48.9 Å². The van der Waals surface area contributed by atoms with Crippen molar-refractivity contribution in [1.82, 2.24) is 49.8 Å². The van der Waals surface area contributed by atoms with Gasteiger partial charge in [-0.1, -0.05) is 0 Å². The second-order valence-electron chi connectivity index (χ2n) is 28.2. The number of nitrogens with zero attached hydrogens (tertiary/aromatic N) is 8. The molecule has 2 heterocycles. The molecule has 0 aromatic carbocycles. The molecule has 0 aromatic rings. The van der Waals surface area contributed by atoms with Gasteiger partial charge >= 0.3 is 35.8 Å². The fourth-order valence-electron chi connectivity index (χ4n) is 9.28. The number of hydrogen-bond donors (Lipinski definition) is 2. The molecule has 24 nitrogen and oxygen atoms in total. The van der Waals surface area contributed by atoms with Crippen molar-refractivity contribution in [2.24, 2.45) is 0 Å². The van der Waals surface area contributed by atoms with Crippen LogP contribution in [0.1, 0.15) is 137 Å². The number of esters is 6. The van der Waals surface area contributed by atoms with E-state index in [4.69, 9.17) is 28.4 Å². The van der Waals surface area contributed by atoms with E-state index in [2.05, 4.69) is 10.6 Å². The Morgan fingerprint density at radius 2 is 0.548 bits per heavy atom. The first-order valence-electron chi connectivity index (χ1n) is 30.1. The van der Waals surface area contributed by atoms with Gasteiger partial charge in [0.2, 0.25) is 11.8 Å². The van der Waals surface area contributed by atoms with Gasteiger partial charge in [-0.3, -0.25) is 67.8 Å². The average Bonchev–Trinajstić information content (AvgIpc) is 3.52. The molecule has 0 aliphatic carbocycles. The average molecular weight is 1200 g/mol. The van der Waals surface area contributed by atoms with Crippen LogP contribution in [0.2, 0.25) is 0 Å². The van der Waals surface area contributed by atoms with Gasteiger partial charge in [0.05, 0.1) is 51.1 Å². The lowest BCUT2D eigenvalue weighted by atomic mass is 10.1. The van der Waals surface area contributed by atoms with Crippen LogP contribution in [-0.4, -0.2) is 291 Å². The zero-order valence-electron chi connectivity index (χ0n) is 55.4. The Morgan fingerprint density at radius 1 is 0.333 bits per heavy atom. The summed E-state index contributed by atoms with van der Waals surface area (Å²) in [4.78, 5) is 125. The van der Waals surface area contributed by atoms with Crippen molar-refractivity contribution >= 4 is 47.6 Å². The van der Waals surface area contributed by atoms with Gasteiger partial charge in [0.25, 0.3) is 0 Å². The normalized spacial score (nSPS) is 18.5. The van der Waals surface area contributed by atoms with Crippen LogP contribution >= 0.6 is 0 Å². The van der Waals surface area contributed by atoms with Gasteiger partial charge in [-0.15, -0.1) is 0 Å². The van der Waals surface area contributed by atoms with Gasteiger partial charge in [0.15, 0.2) is 0 Å². The molecule has 2 fully saturated rings. The van der Waals surface area contributed by atoms with Crippen LogP contribution in [0.5, 0.6) is 0 Å². The van der Waals surface area contributed by atoms with E-state index in [9.17, 15) is 38.4 Å². The Bertz CT molecular complexity index is 1960. The van der Waals surface area contributed by atoms with Crippen LogP contribution in [0.4, 0.5) is 0 Å². The standard InChI is InChI=1S/C60H112N10O14/c1-55(2,3)79-47(71)39-45(69-27-23-61-21-25-65(41-49(73)81-57(7,8)9)31-33-67(35-37-69)43-51(75)83-59(13,14)15)53(77)63(19)29-30-64(20)54(78)46(40-48(72)80-56(4,5)6)70-28-24-62-22-26-66(42-50(74)82-58(10,11)12)32-34-68(36-38-70)44-52(76)84-60(16,17)18/h45-46,61-62H,21-44H2,1-20H3. The summed E-state index contributed by atoms with van der Waals surface area (Å²) >= 11 is 0. The van der Waals surface area contributed by atoms with Crippen LogP contribution < -0.4 is 10.6 Å². The van der Waals surface area contributed by atoms with E-state index >= 15 is 0 Å². The molecule has 2 aliphatic heterocycles. The second kappa shape index (κ2) is 34.1. The van der Waals surface area contributed by atoms with E-state index in [1.165, 1.54) is 9.80 Å². The molecule has 2 saturated heterocycles. The first-order chi connectivity index (χ1) is 38.5.